The zero-order valence-corrected chi connectivity index (χ0v) is 12.0. The van der Waals surface area contributed by atoms with Gasteiger partial charge in [0.2, 0.25) is 0 Å². The molecule has 1 atom stereocenters. The molecule has 0 saturated heterocycles. The van der Waals surface area contributed by atoms with Gasteiger partial charge in [-0.3, -0.25) is 10.1 Å². The second-order valence-corrected chi connectivity index (χ2v) is 6.28. The number of nitrogens with one attached hydrogen (secondary N) is 1. The molecule has 0 saturated carbocycles. The number of hydrogen-bond acceptors (Lipinski definition) is 6. The van der Waals surface area contributed by atoms with Crippen LogP contribution in [0.4, 0.5) is 11.4 Å². The molecule has 21 heavy (non-hydrogen) atoms. The van der Waals surface area contributed by atoms with Crippen LogP contribution in [0.5, 0.6) is 0 Å². The number of nitro groups is 1. The highest BCUT2D eigenvalue weighted by Gasteiger charge is 2.23. The van der Waals surface area contributed by atoms with Gasteiger partial charge in [0.1, 0.15) is 11.7 Å². The summed E-state index contributed by atoms with van der Waals surface area (Å²) in [6, 6.07) is 2.15. The number of carboxylic acids is 1. The highest BCUT2D eigenvalue weighted by atomic mass is 32.2. The van der Waals surface area contributed by atoms with E-state index in [0.29, 0.717) is 0 Å². The molecule has 1 unspecified atom stereocenters. The number of anilines is 1. The van der Waals surface area contributed by atoms with Crippen LogP contribution in [0.1, 0.15) is 6.42 Å². The minimum Gasteiger partial charge on any atom is -0.480 e. The van der Waals surface area contributed by atoms with E-state index in [4.69, 9.17) is 5.11 Å². The molecular weight excluding hydrogens is 300 g/mol. The molecule has 0 fully saturated rings. The molecule has 1 aromatic rings. The lowest BCUT2D eigenvalue weighted by Gasteiger charge is -2.14. The summed E-state index contributed by atoms with van der Waals surface area (Å²) in [5.41, 5.74) is -0.574. The number of sulfone groups is 1. The van der Waals surface area contributed by atoms with Crippen molar-refractivity contribution in [1.29, 1.82) is 0 Å². The molecule has 0 heterocycles. The van der Waals surface area contributed by atoms with E-state index in [1.807, 2.05) is 0 Å². The van der Waals surface area contributed by atoms with Gasteiger partial charge in [0.15, 0.2) is 9.84 Å². The lowest BCUT2D eigenvalue weighted by molar-refractivity contribution is -0.384. The van der Waals surface area contributed by atoms with Crippen LogP contribution in [0.3, 0.4) is 0 Å². The SMILES string of the molecule is C=CCC(Nc1ccc(S(C)(=O)=O)cc1[N+](=O)[O-])C(=O)O. The van der Waals surface area contributed by atoms with Crippen molar-refractivity contribution >= 4 is 27.2 Å². The summed E-state index contributed by atoms with van der Waals surface area (Å²) in [6.45, 7) is 3.41. The van der Waals surface area contributed by atoms with Gasteiger partial charge in [0.25, 0.3) is 5.69 Å². The van der Waals surface area contributed by atoms with Crippen molar-refractivity contribution in [2.24, 2.45) is 0 Å². The van der Waals surface area contributed by atoms with Crippen LogP contribution in [-0.4, -0.2) is 36.7 Å². The smallest absolute Gasteiger partial charge is 0.326 e. The molecule has 8 nitrogen and oxygen atoms in total. The summed E-state index contributed by atoms with van der Waals surface area (Å²) in [7, 11) is -3.60. The first-order chi connectivity index (χ1) is 9.66. The molecular formula is C12H14N2O6S. The van der Waals surface area contributed by atoms with E-state index in [0.717, 1.165) is 12.3 Å². The maximum absolute atomic E-state index is 11.4. The van der Waals surface area contributed by atoms with Crippen molar-refractivity contribution in [3.8, 4) is 0 Å². The van der Waals surface area contributed by atoms with Gasteiger partial charge >= 0.3 is 5.97 Å². The molecule has 1 aromatic carbocycles. The fourth-order valence-corrected chi connectivity index (χ4v) is 2.23. The quantitative estimate of drug-likeness (QED) is 0.443. The Morgan fingerprint density at radius 2 is 2.19 bits per heavy atom. The molecule has 0 amide bonds. The Kier molecular flexibility index (Phi) is 5.03. The summed E-state index contributed by atoms with van der Waals surface area (Å²) in [5, 5.41) is 22.5. The van der Waals surface area contributed by atoms with Gasteiger partial charge in [0.05, 0.1) is 9.82 Å². The number of carboxylic acid groups (broad SMARTS) is 1. The van der Waals surface area contributed by atoms with Gasteiger partial charge in [-0.25, -0.2) is 13.2 Å². The molecule has 114 valence electrons. The number of nitrogens with zero attached hydrogens (tertiary/aromatic N) is 1. The molecule has 0 spiro atoms. The van der Waals surface area contributed by atoms with Crippen molar-refractivity contribution in [3.63, 3.8) is 0 Å². The normalized spacial score (nSPS) is 12.4. The molecule has 0 aliphatic carbocycles. The van der Waals surface area contributed by atoms with Gasteiger partial charge < -0.3 is 10.4 Å². The van der Waals surface area contributed by atoms with Crippen LogP contribution in [0.25, 0.3) is 0 Å². The Balaban J connectivity index is 3.27. The predicted octanol–water partition coefficient (Wildman–Crippen LogP) is 1.44. The number of hydrogen-bond donors (Lipinski definition) is 2. The molecule has 9 heteroatoms. The van der Waals surface area contributed by atoms with E-state index in [-0.39, 0.29) is 17.0 Å². The van der Waals surface area contributed by atoms with E-state index >= 15 is 0 Å². The van der Waals surface area contributed by atoms with Crippen molar-refractivity contribution in [3.05, 3.63) is 41.0 Å². The summed E-state index contributed by atoms with van der Waals surface area (Å²) in [6.07, 6.45) is 2.35. The summed E-state index contributed by atoms with van der Waals surface area (Å²) < 4.78 is 22.8. The Labute approximate surface area is 121 Å². The third-order valence-corrected chi connectivity index (χ3v) is 3.73. The highest BCUT2D eigenvalue weighted by Crippen LogP contribution is 2.28. The van der Waals surface area contributed by atoms with Gasteiger partial charge in [-0.05, 0) is 18.6 Å². The number of benzene rings is 1. The van der Waals surface area contributed by atoms with Gasteiger partial charge in [-0.15, -0.1) is 6.58 Å². The average molecular weight is 314 g/mol. The second kappa shape index (κ2) is 6.35. The fourth-order valence-electron chi connectivity index (χ4n) is 1.59. The van der Waals surface area contributed by atoms with Crippen LogP contribution in [-0.2, 0) is 14.6 Å². The van der Waals surface area contributed by atoms with Crippen LogP contribution in [0, 0.1) is 10.1 Å². The highest BCUT2D eigenvalue weighted by molar-refractivity contribution is 7.90. The Bertz CT molecular complexity index is 683. The van der Waals surface area contributed by atoms with E-state index in [2.05, 4.69) is 11.9 Å². The Morgan fingerprint density at radius 3 is 2.62 bits per heavy atom. The van der Waals surface area contributed by atoms with Gasteiger partial charge in [-0.2, -0.15) is 0 Å². The van der Waals surface area contributed by atoms with Crippen LogP contribution in [0.2, 0.25) is 0 Å². The first-order valence-corrected chi connectivity index (χ1v) is 7.64. The number of carbonyl (C=O) groups is 1. The minimum absolute atomic E-state index is 0.0559. The number of nitro benzene ring substituents is 1. The van der Waals surface area contributed by atoms with Crippen LogP contribution >= 0.6 is 0 Å². The summed E-state index contributed by atoms with van der Waals surface area (Å²) >= 11 is 0. The molecule has 0 aromatic heterocycles. The number of rotatable bonds is 7. The van der Waals surface area contributed by atoms with Gasteiger partial charge in [0, 0.05) is 12.3 Å². The zero-order valence-electron chi connectivity index (χ0n) is 11.1. The topological polar surface area (TPSA) is 127 Å². The predicted molar refractivity (Wildman–Crippen MR) is 76.1 cm³/mol. The van der Waals surface area contributed by atoms with Crippen molar-refractivity contribution in [1.82, 2.24) is 0 Å². The van der Waals surface area contributed by atoms with Crippen LogP contribution < -0.4 is 5.32 Å². The van der Waals surface area contributed by atoms with E-state index in [9.17, 15) is 23.3 Å². The second-order valence-electron chi connectivity index (χ2n) is 4.27. The van der Waals surface area contributed by atoms with E-state index < -0.39 is 32.5 Å². The molecule has 0 aliphatic heterocycles. The fraction of sp³-hybridized carbons (Fsp3) is 0.250. The average Bonchev–Trinajstić information content (AvgIpc) is 2.36. The zero-order chi connectivity index (χ0) is 16.2. The monoisotopic (exact) mass is 314 g/mol. The Morgan fingerprint density at radius 1 is 1.57 bits per heavy atom. The molecule has 2 N–H and O–H groups in total. The van der Waals surface area contributed by atoms with Crippen molar-refractivity contribution < 1.29 is 23.2 Å². The van der Waals surface area contributed by atoms with Crippen molar-refractivity contribution in [2.45, 2.75) is 17.4 Å². The molecule has 0 bridgehead atoms. The lowest BCUT2D eigenvalue weighted by Crippen LogP contribution is -2.28. The van der Waals surface area contributed by atoms with E-state index in [1.54, 1.807) is 0 Å². The van der Waals surface area contributed by atoms with E-state index in [1.165, 1.54) is 18.2 Å². The molecule has 1 rings (SSSR count). The Hall–Kier alpha value is -2.42. The summed E-state index contributed by atoms with van der Waals surface area (Å²) in [5.74, 6) is -1.20. The maximum Gasteiger partial charge on any atom is 0.326 e. The summed E-state index contributed by atoms with van der Waals surface area (Å²) in [4.78, 5) is 21.1. The third kappa shape index (κ3) is 4.28. The minimum atomic E-state index is -3.60. The third-order valence-electron chi connectivity index (χ3n) is 2.62. The largest absolute Gasteiger partial charge is 0.480 e. The van der Waals surface area contributed by atoms with Crippen LogP contribution in [0.15, 0.2) is 35.7 Å². The molecule has 0 aliphatic rings. The first kappa shape index (κ1) is 16.6. The van der Waals surface area contributed by atoms with Gasteiger partial charge in [-0.1, -0.05) is 6.08 Å². The standard InChI is InChI=1S/C12H14N2O6S/c1-3-4-10(12(15)16)13-9-6-5-8(21(2,19)20)7-11(9)14(17)18/h3,5-7,10,13H,1,4H2,2H3,(H,15,16). The lowest BCUT2D eigenvalue weighted by atomic mass is 10.2. The van der Waals surface area contributed by atoms with Crippen molar-refractivity contribution in [2.75, 3.05) is 11.6 Å². The molecule has 0 radical (unpaired) electrons. The first-order valence-electron chi connectivity index (χ1n) is 5.75. The number of aliphatic carboxylic acids is 1. The maximum atomic E-state index is 11.4.